The zero-order valence-corrected chi connectivity index (χ0v) is 12.7. The van der Waals surface area contributed by atoms with E-state index in [1.165, 1.54) is 49.7 Å². The smallest absolute Gasteiger partial charge is 0.0928 e. The van der Waals surface area contributed by atoms with Crippen LogP contribution in [-0.4, -0.2) is 6.67 Å². The molecule has 0 bridgehead atoms. The first-order chi connectivity index (χ1) is 9.83. The van der Waals surface area contributed by atoms with E-state index in [0.29, 0.717) is 12.3 Å². The lowest BCUT2D eigenvalue weighted by atomic mass is 9.78. The molecular weight excluding hydrogens is 247 g/mol. The number of rotatable bonds is 6. The number of benzene rings is 1. The molecule has 0 saturated heterocycles. The molecule has 20 heavy (non-hydrogen) atoms. The van der Waals surface area contributed by atoms with Crippen LogP contribution in [0, 0.1) is 5.92 Å². The second-order valence-corrected chi connectivity index (χ2v) is 6.01. The monoisotopic (exact) mass is 274 g/mol. The Morgan fingerprint density at radius 3 is 2.40 bits per heavy atom. The molecule has 0 N–H and O–H groups in total. The fourth-order valence-electron chi connectivity index (χ4n) is 3.24. The lowest BCUT2D eigenvalue weighted by molar-refractivity contribution is 0.375. The lowest BCUT2D eigenvalue weighted by Gasteiger charge is -2.27. The molecule has 0 heterocycles. The van der Waals surface area contributed by atoms with Crippen molar-refractivity contribution in [2.45, 2.75) is 57.8 Å². The van der Waals surface area contributed by atoms with Gasteiger partial charge in [-0.2, -0.15) is 0 Å². The van der Waals surface area contributed by atoms with Gasteiger partial charge in [0, 0.05) is 0 Å². The Morgan fingerprint density at radius 2 is 1.80 bits per heavy atom. The van der Waals surface area contributed by atoms with E-state index in [9.17, 15) is 4.39 Å². The molecule has 0 spiro atoms. The first kappa shape index (κ1) is 15.3. The molecular formula is C19H27F. The average Bonchev–Trinajstić information content (AvgIpc) is 2.49. The van der Waals surface area contributed by atoms with Crippen molar-refractivity contribution in [1.82, 2.24) is 0 Å². The van der Waals surface area contributed by atoms with Gasteiger partial charge in [0.25, 0.3) is 0 Å². The summed E-state index contributed by atoms with van der Waals surface area (Å²) in [6.45, 7) is 2.00. The van der Waals surface area contributed by atoms with Crippen LogP contribution in [0.1, 0.15) is 62.5 Å². The minimum atomic E-state index is -0.226. The number of halogens is 1. The standard InChI is InChI=1S/C19H27F/c1-2-5-16-7-11-18(12-8-16)19-13-9-17(10-14-19)6-3-4-15-20/h3,6-8,11-12,17,19H,2,4-5,9-10,13-15H2,1H3/t17-,19-. The van der Waals surface area contributed by atoms with Gasteiger partial charge in [-0.3, -0.25) is 4.39 Å². The summed E-state index contributed by atoms with van der Waals surface area (Å²) in [6, 6.07) is 9.25. The summed E-state index contributed by atoms with van der Waals surface area (Å²) in [6.07, 6.45) is 12.3. The Morgan fingerprint density at radius 1 is 1.10 bits per heavy atom. The third kappa shape index (κ3) is 4.47. The van der Waals surface area contributed by atoms with Gasteiger partial charge in [0.2, 0.25) is 0 Å². The maximum atomic E-state index is 12.1. The molecule has 0 radical (unpaired) electrons. The molecule has 0 unspecified atom stereocenters. The highest BCUT2D eigenvalue weighted by Crippen LogP contribution is 2.36. The molecule has 0 aliphatic heterocycles. The molecule has 0 nitrogen and oxygen atoms in total. The van der Waals surface area contributed by atoms with Gasteiger partial charge in [0.05, 0.1) is 6.67 Å². The molecule has 1 heteroatoms. The van der Waals surface area contributed by atoms with E-state index in [2.05, 4.69) is 37.3 Å². The third-order valence-corrected chi connectivity index (χ3v) is 4.45. The molecule has 0 aromatic heterocycles. The number of aryl methyl sites for hydroxylation is 1. The highest BCUT2D eigenvalue weighted by atomic mass is 19.1. The van der Waals surface area contributed by atoms with Crippen LogP contribution in [0.4, 0.5) is 4.39 Å². The summed E-state index contributed by atoms with van der Waals surface area (Å²) in [7, 11) is 0. The molecule has 1 aliphatic carbocycles. The van der Waals surface area contributed by atoms with Crippen LogP contribution in [-0.2, 0) is 6.42 Å². The predicted octanol–water partition coefficient (Wildman–Crippen LogP) is 5.83. The van der Waals surface area contributed by atoms with Crippen LogP contribution in [0.15, 0.2) is 36.4 Å². The molecule has 2 rings (SSSR count). The molecule has 1 saturated carbocycles. The molecule has 110 valence electrons. The third-order valence-electron chi connectivity index (χ3n) is 4.45. The van der Waals surface area contributed by atoms with Crippen molar-refractivity contribution < 1.29 is 4.39 Å². The van der Waals surface area contributed by atoms with Gasteiger partial charge in [0.15, 0.2) is 0 Å². The highest BCUT2D eigenvalue weighted by molar-refractivity contribution is 5.26. The van der Waals surface area contributed by atoms with Crippen molar-refractivity contribution >= 4 is 0 Å². The minimum absolute atomic E-state index is 0.226. The predicted molar refractivity (Wildman–Crippen MR) is 84.9 cm³/mol. The van der Waals surface area contributed by atoms with Crippen LogP contribution < -0.4 is 0 Å². The van der Waals surface area contributed by atoms with Gasteiger partial charge in [-0.1, -0.05) is 49.8 Å². The zero-order chi connectivity index (χ0) is 14.2. The topological polar surface area (TPSA) is 0 Å². The van der Waals surface area contributed by atoms with Gasteiger partial charge in [-0.15, -0.1) is 0 Å². The van der Waals surface area contributed by atoms with Crippen LogP contribution >= 0.6 is 0 Å². The van der Waals surface area contributed by atoms with E-state index < -0.39 is 0 Å². The Balaban J connectivity index is 1.83. The highest BCUT2D eigenvalue weighted by Gasteiger charge is 2.20. The van der Waals surface area contributed by atoms with Crippen LogP contribution in [0.3, 0.4) is 0 Å². The summed E-state index contributed by atoms with van der Waals surface area (Å²) in [5, 5.41) is 0. The molecule has 1 aromatic carbocycles. The summed E-state index contributed by atoms with van der Waals surface area (Å²) >= 11 is 0. The Hall–Kier alpha value is -1.11. The Bertz CT molecular complexity index is 396. The van der Waals surface area contributed by atoms with Crippen molar-refractivity contribution in [1.29, 1.82) is 0 Å². The van der Waals surface area contributed by atoms with Crippen molar-refractivity contribution in [3.63, 3.8) is 0 Å². The first-order valence-electron chi connectivity index (χ1n) is 8.15. The quantitative estimate of drug-likeness (QED) is 0.573. The van der Waals surface area contributed by atoms with E-state index in [1.54, 1.807) is 0 Å². The van der Waals surface area contributed by atoms with E-state index in [1.807, 2.05) is 6.08 Å². The van der Waals surface area contributed by atoms with Gasteiger partial charge in [-0.25, -0.2) is 0 Å². The van der Waals surface area contributed by atoms with Crippen LogP contribution in [0.25, 0.3) is 0 Å². The van der Waals surface area contributed by atoms with Gasteiger partial charge in [0.1, 0.15) is 0 Å². The normalized spacial score (nSPS) is 23.3. The maximum Gasteiger partial charge on any atom is 0.0928 e. The second-order valence-electron chi connectivity index (χ2n) is 6.01. The largest absolute Gasteiger partial charge is 0.251 e. The minimum Gasteiger partial charge on any atom is -0.251 e. The summed E-state index contributed by atoms with van der Waals surface area (Å²) in [5.41, 5.74) is 2.97. The zero-order valence-electron chi connectivity index (χ0n) is 12.7. The lowest BCUT2D eigenvalue weighted by Crippen LogP contribution is -2.11. The number of hydrogen-bond donors (Lipinski definition) is 0. The molecule has 0 amide bonds. The average molecular weight is 274 g/mol. The van der Waals surface area contributed by atoms with Crippen LogP contribution in [0.2, 0.25) is 0 Å². The SMILES string of the molecule is CCCc1ccc([C@H]2CC[C@H](C=CCCF)CC2)cc1. The van der Waals surface area contributed by atoms with Crippen molar-refractivity contribution in [2.75, 3.05) is 6.67 Å². The van der Waals surface area contributed by atoms with Crippen molar-refractivity contribution in [3.8, 4) is 0 Å². The molecule has 1 aliphatic rings. The number of alkyl halides is 1. The van der Waals surface area contributed by atoms with E-state index >= 15 is 0 Å². The van der Waals surface area contributed by atoms with Gasteiger partial charge >= 0.3 is 0 Å². The first-order valence-corrected chi connectivity index (χ1v) is 8.15. The van der Waals surface area contributed by atoms with E-state index in [0.717, 1.165) is 5.92 Å². The molecule has 1 fully saturated rings. The number of allylic oxidation sites excluding steroid dienone is 2. The van der Waals surface area contributed by atoms with Gasteiger partial charge in [-0.05, 0) is 61.5 Å². The fourth-order valence-corrected chi connectivity index (χ4v) is 3.24. The Kier molecular flexibility index (Phi) is 6.29. The number of hydrogen-bond acceptors (Lipinski definition) is 0. The van der Waals surface area contributed by atoms with Crippen molar-refractivity contribution in [3.05, 3.63) is 47.5 Å². The van der Waals surface area contributed by atoms with E-state index in [4.69, 9.17) is 0 Å². The summed E-state index contributed by atoms with van der Waals surface area (Å²) in [5.74, 6) is 1.41. The van der Waals surface area contributed by atoms with Gasteiger partial charge < -0.3 is 0 Å². The maximum absolute atomic E-state index is 12.1. The summed E-state index contributed by atoms with van der Waals surface area (Å²) < 4.78 is 12.1. The van der Waals surface area contributed by atoms with Crippen molar-refractivity contribution in [2.24, 2.45) is 5.92 Å². The second kappa shape index (κ2) is 8.24. The fraction of sp³-hybridized carbons (Fsp3) is 0.579. The Labute approximate surface area is 123 Å². The van der Waals surface area contributed by atoms with E-state index in [-0.39, 0.29) is 6.67 Å². The molecule has 0 atom stereocenters. The molecule has 1 aromatic rings. The summed E-state index contributed by atoms with van der Waals surface area (Å²) in [4.78, 5) is 0. The van der Waals surface area contributed by atoms with Crippen LogP contribution in [0.5, 0.6) is 0 Å².